The molecule has 31 heavy (non-hydrogen) atoms. The Kier molecular flexibility index (Phi) is 5.27. The Balaban J connectivity index is 1.93. The maximum Gasteiger partial charge on any atom is 0.449 e. The molecule has 2 heterocycles. The molecule has 0 aliphatic carbocycles. The van der Waals surface area contributed by atoms with Gasteiger partial charge in [0.05, 0.1) is 35.6 Å². The maximum absolute atomic E-state index is 13.6. The summed E-state index contributed by atoms with van der Waals surface area (Å²) in [7, 11) is 0. The van der Waals surface area contributed by atoms with Crippen LogP contribution in [0, 0.1) is 11.3 Å². The Morgan fingerprint density at radius 2 is 1.81 bits per heavy atom. The van der Waals surface area contributed by atoms with Crippen LogP contribution in [0.3, 0.4) is 0 Å². The molecule has 2 aromatic heterocycles. The van der Waals surface area contributed by atoms with E-state index in [4.69, 9.17) is 5.26 Å². The number of alkyl halides is 3. The highest BCUT2D eigenvalue weighted by molar-refractivity contribution is 5.96. The molecule has 0 bridgehead atoms. The summed E-state index contributed by atoms with van der Waals surface area (Å²) in [6.07, 6.45) is -2.01. The Morgan fingerprint density at radius 3 is 2.42 bits per heavy atom. The van der Waals surface area contributed by atoms with Gasteiger partial charge in [-0.1, -0.05) is 30.3 Å². The molecule has 2 N–H and O–H groups in total. The number of hydrogen-bond donors (Lipinski definition) is 2. The van der Waals surface area contributed by atoms with Gasteiger partial charge >= 0.3 is 6.18 Å². The predicted molar refractivity (Wildman–Crippen MR) is 107 cm³/mol. The fourth-order valence-electron chi connectivity index (χ4n) is 3.25. The summed E-state index contributed by atoms with van der Waals surface area (Å²) < 4.78 is 41.9. The summed E-state index contributed by atoms with van der Waals surface area (Å²) in [5.74, 6) is -0.901. The monoisotopic (exact) mass is 424 g/mol. The van der Waals surface area contributed by atoms with Crippen LogP contribution >= 0.6 is 0 Å². The lowest BCUT2D eigenvalue weighted by molar-refractivity contribution is -0.147. The Labute approximate surface area is 174 Å². The molecule has 2 aromatic carbocycles. The van der Waals surface area contributed by atoms with Crippen molar-refractivity contribution in [3.8, 4) is 17.2 Å². The largest absolute Gasteiger partial charge is 0.449 e. The molecule has 0 aliphatic heterocycles. The number of hydrogen-bond acceptors (Lipinski definition) is 6. The zero-order valence-corrected chi connectivity index (χ0v) is 15.9. The minimum atomic E-state index is -4.69. The van der Waals surface area contributed by atoms with Gasteiger partial charge in [0.25, 0.3) is 0 Å². The summed E-state index contributed by atoms with van der Waals surface area (Å²) in [6.45, 7) is -0.748. The topological polar surface area (TPSA) is 99.7 Å². The third-order valence-electron chi connectivity index (χ3n) is 4.55. The second-order valence-corrected chi connectivity index (χ2v) is 6.60. The number of halogens is 3. The van der Waals surface area contributed by atoms with E-state index in [1.807, 2.05) is 6.07 Å². The highest BCUT2D eigenvalue weighted by Crippen LogP contribution is 2.37. The van der Waals surface area contributed by atoms with Gasteiger partial charge in [0, 0.05) is 17.8 Å². The summed E-state index contributed by atoms with van der Waals surface area (Å²) in [4.78, 5) is 12.0. The van der Waals surface area contributed by atoms with Crippen LogP contribution in [-0.2, 0) is 12.7 Å². The first-order valence-corrected chi connectivity index (χ1v) is 9.17. The number of anilines is 2. The molecule has 7 nitrogen and oxygen atoms in total. The molecule has 0 spiro atoms. The van der Waals surface area contributed by atoms with Gasteiger partial charge in [0.1, 0.15) is 6.07 Å². The molecule has 0 atom stereocenters. The number of nitrogens with one attached hydrogen (secondary N) is 1. The fraction of sp³-hybridized carbons (Fsp3) is 0.143. The number of aromatic nitrogens is 4. The Bertz CT molecular complexity index is 1260. The van der Waals surface area contributed by atoms with E-state index in [2.05, 4.69) is 20.3 Å². The van der Waals surface area contributed by atoms with Crippen LogP contribution in [0.1, 0.15) is 11.4 Å². The number of aliphatic hydroxyl groups is 1. The van der Waals surface area contributed by atoms with Crippen LogP contribution in [-0.4, -0.2) is 31.2 Å². The minimum Gasteiger partial charge on any atom is -0.395 e. The van der Waals surface area contributed by atoms with E-state index in [0.717, 1.165) is 4.57 Å². The molecule has 0 saturated carbocycles. The number of imidazole rings is 1. The van der Waals surface area contributed by atoms with Crippen molar-refractivity contribution in [3.05, 3.63) is 66.2 Å². The van der Waals surface area contributed by atoms with Gasteiger partial charge in [0.15, 0.2) is 0 Å². The van der Waals surface area contributed by atoms with Crippen molar-refractivity contribution in [3.63, 3.8) is 0 Å². The maximum atomic E-state index is 13.6. The van der Waals surface area contributed by atoms with E-state index in [1.165, 1.54) is 18.5 Å². The van der Waals surface area contributed by atoms with E-state index >= 15 is 0 Å². The van der Waals surface area contributed by atoms with Crippen LogP contribution in [0.2, 0.25) is 0 Å². The van der Waals surface area contributed by atoms with Gasteiger partial charge < -0.3 is 15.0 Å². The molecule has 0 saturated heterocycles. The summed E-state index contributed by atoms with van der Waals surface area (Å²) >= 11 is 0. The molecule has 0 unspecified atom stereocenters. The number of aliphatic hydroxyl groups excluding tert-OH is 1. The zero-order valence-electron chi connectivity index (χ0n) is 15.9. The average Bonchev–Trinajstić information content (AvgIpc) is 3.14. The van der Waals surface area contributed by atoms with Crippen molar-refractivity contribution in [2.24, 2.45) is 0 Å². The van der Waals surface area contributed by atoms with E-state index in [-0.39, 0.29) is 29.1 Å². The van der Waals surface area contributed by atoms with Gasteiger partial charge in [-0.25, -0.2) is 15.0 Å². The quantitative estimate of drug-likeness (QED) is 0.500. The van der Waals surface area contributed by atoms with E-state index in [1.54, 1.807) is 36.4 Å². The first-order valence-electron chi connectivity index (χ1n) is 9.17. The number of rotatable bonds is 5. The Hall–Kier alpha value is -3.97. The van der Waals surface area contributed by atoms with Crippen LogP contribution in [0.15, 0.2) is 54.9 Å². The molecule has 0 fully saturated rings. The van der Waals surface area contributed by atoms with Crippen molar-refractivity contribution in [1.29, 1.82) is 5.26 Å². The smallest absolute Gasteiger partial charge is 0.395 e. The molecular formula is C21H15F3N6O. The fourth-order valence-corrected chi connectivity index (χ4v) is 3.25. The van der Waals surface area contributed by atoms with E-state index in [9.17, 15) is 18.3 Å². The third-order valence-corrected chi connectivity index (χ3v) is 4.55. The van der Waals surface area contributed by atoms with Crippen molar-refractivity contribution in [2.45, 2.75) is 12.7 Å². The normalized spacial score (nSPS) is 11.5. The first-order chi connectivity index (χ1) is 14.9. The van der Waals surface area contributed by atoms with Gasteiger partial charge in [-0.2, -0.15) is 18.4 Å². The van der Waals surface area contributed by atoms with Crippen molar-refractivity contribution >= 4 is 22.7 Å². The second kappa shape index (κ2) is 8.04. The van der Waals surface area contributed by atoms with Crippen LogP contribution in [0.25, 0.3) is 22.2 Å². The average molecular weight is 424 g/mol. The lowest BCUT2D eigenvalue weighted by Gasteiger charge is -2.12. The lowest BCUT2D eigenvalue weighted by Crippen LogP contribution is -2.16. The summed E-state index contributed by atoms with van der Waals surface area (Å²) in [5, 5.41) is 21.2. The van der Waals surface area contributed by atoms with Gasteiger partial charge in [-0.15, -0.1) is 0 Å². The molecule has 4 rings (SSSR count). The van der Waals surface area contributed by atoms with Crippen molar-refractivity contribution < 1.29 is 18.3 Å². The third kappa shape index (κ3) is 4.04. The molecule has 0 radical (unpaired) electrons. The lowest BCUT2D eigenvalue weighted by atomic mass is 10.0. The van der Waals surface area contributed by atoms with Crippen LogP contribution in [0.5, 0.6) is 0 Å². The molecule has 156 valence electrons. The second-order valence-electron chi connectivity index (χ2n) is 6.60. The molecule has 10 heteroatoms. The van der Waals surface area contributed by atoms with Gasteiger partial charge in [-0.3, -0.25) is 0 Å². The number of benzene rings is 2. The van der Waals surface area contributed by atoms with Crippen molar-refractivity contribution in [1.82, 2.24) is 19.5 Å². The van der Waals surface area contributed by atoms with Gasteiger partial charge in [-0.05, 0) is 17.7 Å². The zero-order chi connectivity index (χ0) is 22.0. The SMILES string of the molecule is N#Cc1cnc(Nc2cc(-c3ccccc3)c3nc(C(F)(F)F)n(CCO)c3c2)nc1. The molecule has 4 aromatic rings. The Morgan fingerprint density at radius 1 is 1.10 bits per heavy atom. The van der Waals surface area contributed by atoms with Crippen molar-refractivity contribution in [2.75, 3.05) is 11.9 Å². The predicted octanol–water partition coefficient (Wildman–Crippen LogP) is 4.12. The summed E-state index contributed by atoms with van der Waals surface area (Å²) in [5.41, 5.74) is 2.25. The van der Waals surface area contributed by atoms with Crippen LogP contribution in [0.4, 0.5) is 24.8 Å². The first kappa shape index (κ1) is 20.3. The van der Waals surface area contributed by atoms with Crippen LogP contribution < -0.4 is 5.32 Å². The van der Waals surface area contributed by atoms with E-state index in [0.29, 0.717) is 16.8 Å². The molecule has 0 amide bonds. The van der Waals surface area contributed by atoms with E-state index < -0.39 is 18.6 Å². The number of nitriles is 1. The highest BCUT2D eigenvalue weighted by atomic mass is 19.4. The number of nitrogens with zero attached hydrogens (tertiary/aromatic N) is 5. The molecule has 0 aliphatic rings. The van der Waals surface area contributed by atoms with Gasteiger partial charge in [0.2, 0.25) is 11.8 Å². The summed E-state index contributed by atoms with van der Waals surface area (Å²) in [6, 6.07) is 14.0. The minimum absolute atomic E-state index is 0.165. The highest BCUT2D eigenvalue weighted by Gasteiger charge is 2.38. The number of fused-ring (bicyclic) bond motifs is 1. The standard InChI is InChI=1S/C21H15F3N6O/c22-21(23,24)19-29-18-16(14-4-2-1-3-5-14)8-15(9-17(18)30(19)6-7-31)28-20-26-11-13(10-25)12-27-20/h1-5,8-9,11-12,31H,6-7H2,(H,26,27,28). The molecular weight excluding hydrogens is 409 g/mol.